The number of nitro groups is 1. The molecule has 0 amide bonds. The first kappa shape index (κ1) is 13.2. The lowest BCUT2D eigenvalue weighted by Crippen LogP contribution is -2.18. The zero-order chi connectivity index (χ0) is 13.4. The summed E-state index contributed by atoms with van der Waals surface area (Å²) in [5.74, 6) is 0. The number of aromatic nitrogens is 1. The Bertz CT molecular complexity index is 574. The minimum atomic E-state index is -4.54. The Morgan fingerprint density at radius 3 is 2.35 bits per heavy atom. The van der Waals surface area contributed by atoms with Crippen LogP contribution in [0.4, 0.5) is 20.2 Å². The van der Waals surface area contributed by atoms with E-state index in [-0.39, 0.29) is 0 Å². The van der Waals surface area contributed by atoms with Crippen LogP contribution in [0.1, 0.15) is 12.0 Å². The van der Waals surface area contributed by atoms with Crippen molar-refractivity contribution in [2.75, 3.05) is 5.73 Å². The van der Waals surface area contributed by atoms with Crippen LogP contribution in [0.15, 0.2) is 11.2 Å². The summed E-state index contributed by atoms with van der Waals surface area (Å²) in [4.78, 5) is 12.4. The monoisotopic (exact) mass is 268 g/mol. The number of pyridine rings is 1. The predicted octanol–water partition coefficient (Wildman–Crippen LogP) is 0.157. The van der Waals surface area contributed by atoms with Crippen molar-refractivity contribution in [3.63, 3.8) is 0 Å². The summed E-state index contributed by atoms with van der Waals surface area (Å²) in [7, 11) is -4.54. The second kappa shape index (κ2) is 4.18. The van der Waals surface area contributed by atoms with Crippen LogP contribution in [-0.2, 0) is 10.0 Å². The first-order valence-corrected chi connectivity index (χ1v) is 5.44. The molecule has 1 heterocycles. The van der Waals surface area contributed by atoms with Crippen LogP contribution in [0.5, 0.6) is 0 Å². The Hall–Kier alpha value is -1.88. The molecule has 0 bridgehead atoms. The molecule has 0 aliphatic carbocycles. The third-order valence-corrected chi connectivity index (χ3v) is 2.65. The number of anilines is 1. The summed E-state index contributed by atoms with van der Waals surface area (Å²) < 4.78 is 47.1. The smallest absolute Gasteiger partial charge is 0.310 e. The maximum atomic E-state index is 12.6. The second-order valence-electron chi connectivity index (χ2n) is 2.88. The molecule has 0 aromatic carbocycles. The molecule has 8 nitrogen and oxygen atoms in total. The van der Waals surface area contributed by atoms with E-state index in [2.05, 4.69) is 10.1 Å². The van der Waals surface area contributed by atoms with Crippen molar-refractivity contribution >= 4 is 21.4 Å². The number of sulfonamides is 1. The molecule has 0 unspecified atom stereocenters. The maximum absolute atomic E-state index is 12.6. The lowest BCUT2D eigenvalue weighted by Gasteiger charge is -2.08. The summed E-state index contributed by atoms with van der Waals surface area (Å²) in [5, 5.41) is 13.9. The van der Waals surface area contributed by atoms with Crippen molar-refractivity contribution in [2.45, 2.75) is 11.5 Å². The maximum Gasteiger partial charge on any atom is 0.310 e. The Balaban J connectivity index is 3.69. The van der Waals surface area contributed by atoms with E-state index in [4.69, 9.17) is 5.73 Å². The van der Waals surface area contributed by atoms with E-state index < -0.39 is 43.3 Å². The van der Waals surface area contributed by atoms with E-state index >= 15 is 0 Å². The molecular formula is C6H6F2N4O4S. The fourth-order valence-electron chi connectivity index (χ4n) is 1.10. The quantitative estimate of drug-likeness (QED) is 0.590. The molecule has 1 rings (SSSR count). The third kappa shape index (κ3) is 2.45. The number of halogens is 2. The molecule has 11 heteroatoms. The minimum Gasteiger partial charge on any atom is -0.393 e. The SMILES string of the molecule is Nc1c([N+](=O)[O-])cnc(S(N)(=O)=O)c1C(F)F. The standard InChI is InChI=1S/C6H6F2N4O4S/c7-5(8)3-4(9)2(12(13)14)1-11-6(3)17(10,15)16/h1,5H,(H2,9,11)(H2,10,15,16). The normalized spacial score (nSPS) is 11.8. The molecule has 0 radical (unpaired) electrons. The van der Waals surface area contributed by atoms with Crippen molar-refractivity contribution in [1.82, 2.24) is 4.98 Å². The van der Waals surface area contributed by atoms with Crippen LogP contribution < -0.4 is 10.9 Å². The van der Waals surface area contributed by atoms with Gasteiger partial charge in [-0.25, -0.2) is 27.3 Å². The summed E-state index contributed by atoms with van der Waals surface area (Å²) in [6.45, 7) is 0. The number of nitrogens with zero attached hydrogens (tertiary/aromatic N) is 2. The number of nitrogen functional groups attached to an aromatic ring is 1. The van der Waals surface area contributed by atoms with Crippen LogP contribution in [0.25, 0.3) is 0 Å². The van der Waals surface area contributed by atoms with E-state index in [9.17, 15) is 27.3 Å². The molecule has 0 saturated heterocycles. The molecule has 0 fully saturated rings. The van der Waals surface area contributed by atoms with E-state index in [1.54, 1.807) is 0 Å². The lowest BCUT2D eigenvalue weighted by molar-refractivity contribution is -0.384. The zero-order valence-corrected chi connectivity index (χ0v) is 8.82. The molecule has 1 aromatic rings. The van der Waals surface area contributed by atoms with Gasteiger partial charge in [-0.1, -0.05) is 0 Å². The Morgan fingerprint density at radius 2 is 2.00 bits per heavy atom. The number of alkyl halides is 2. The van der Waals surface area contributed by atoms with Crippen LogP contribution >= 0.6 is 0 Å². The van der Waals surface area contributed by atoms with E-state index in [0.717, 1.165) is 0 Å². The number of nitrogens with two attached hydrogens (primary N) is 2. The van der Waals surface area contributed by atoms with Crippen molar-refractivity contribution in [2.24, 2.45) is 5.14 Å². The molecule has 4 N–H and O–H groups in total. The molecule has 0 spiro atoms. The lowest BCUT2D eigenvalue weighted by atomic mass is 10.2. The average molecular weight is 268 g/mol. The first-order valence-electron chi connectivity index (χ1n) is 3.90. The highest BCUT2D eigenvalue weighted by molar-refractivity contribution is 7.89. The molecule has 0 aliphatic heterocycles. The highest BCUT2D eigenvalue weighted by Crippen LogP contribution is 2.35. The largest absolute Gasteiger partial charge is 0.393 e. The number of rotatable bonds is 3. The molecular weight excluding hydrogens is 262 g/mol. The van der Waals surface area contributed by atoms with Gasteiger partial charge in [-0.3, -0.25) is 10.1 Å². The molecule has 0 atom stereocenters. The minimum absolute atomic E-state index is 0.459. The van der Waals surface area contributed by atoms with Crippen LogP contribution in [-0.4, -0.2) is 18.3 Å². The topological polar surface area (TPSA) is 142 Å². The van der Waals surface area contributed by atoms with Gasteiger partial charge in [0.15, 0.2) is 5.03 Å². The highest BCUT2D eigenvalue weighted by atomic mass is 32.2. The molecule has 94 valence electrons. The van der Waals surface area contributed by atoms with Gasteiger partial charge >= 0.3 is 5.69 Å². The summed E-state index contributed by atoms with van der Waals surface area (Å²) in [6, 6.07) is 0. The summed E-state index contributed by atoms with van der Waals surface area (Å²) in [6.07, 6.45) is -2.89. The van der Waals surface area contributed by atoms with E-state index in [1.165, 1.54) is 0 Å². The van der Waals surface area contributed by atoms with Crippen LogP contribution in [0.2, 0.25) is 0 Å². The van der Waals surface area contributed by atoms with Gasteiger partial charge < -0.3 is 5.73 Å². The molecule has 0 aliphatic rings. The second-order valence-corrected chi connectivity index (χ2v) is 4.36. The van der Waals surface area contributed by atoms with E-state index in [0.29, 0.717) is 6.20 Å². The van der Waals surface area contributed by atoms with Crippen LogP contribution in [0, 0.1) is 10.1 Å². The molecule has 1 aromatic heterocycles. The number of hydrogen-bond acceptors (Lipinski definition) is 6. The Morgan fingerprint density at radius 1 is 1.47 bits per heavy atom. The fourth-order valence-corrected chi connectivity index (χ4v) is 1.80. The van der Waals surface area contributed by atoms with Crippen molar-refractivity contribution in [3.8, 4) is 0 Å². The van der Waals surface area contributed by atoms with E-state index in [1.807, 2.05) is 0 Å². The zero-order valence-electron chi connectivity index (χ0n) is 8.00. The third-order valence-electron chi connectivity index (χ3n) is 1.79. The Kier molecular flexibility index (Phi) is 3.24. The Labute approximate surface area is 93.4 Å². The number of hydrogen-bond donors (Lipinski definition) is 2. The van der Waals surface area contributed by atoms with Crippen molar-refractivity contribution in [3.05, 3.63) is 21.9 Å². The van der Waals surface area contributed by atoms with Crippen molar-refractivity contribution in [1.29, 1.82) is 0 Å². The van der Waals surface area contributed by atoms with Gasteiger partial charge in [0.05, 0.1) is 10.5 Å². The highest BCUT2D eigenvalue weighted by Gasteiger charge is 2.30. The van der Waals surface area contributed by atoms with Gasteiger partial charge in [0, 0.05) is 0 Å². The number of primary sulfonamides is 1. The molecule has 0 saturated carbocycles. The van der Waals surface area contributed by atoms with Gasteiger partial charge in [0.25, 0.3) is 16.4 Å². The van der Waals surface area contributed by atoms with Gasteiger partial charge in [0.2, 0.25) is 0 Å². The van der Waals surface area contributed by atoms with Gasteiger partial charge in [-0.2, -0.15) is 0 Å². The van der Waals surface area contributed by atoms with Gasteiger partial charge in [-0.15, -0.1) is 0 Å². The van der Waals surface area contributed by atoms with Gasteiger partial charge in [-0.05, 0) is 0 Å². The fraction of sp³-hybridized carbons (Fsp3) is 0.167. The van der Waals surface area contributed by atoms with Crippen LogP contribution in [0.3, 0.4) is 0 Å². The van der Waals surface area contributed by atoms with Crippen molar-refractivity contribution < 1.29 is 22.1 Å². The predicted molar refractivity (Wildman–Crippen MR) is 51.6 cm³/mol. The van der Waals surface area contributed by atoms with Gasteiger partial charge in [0.1, 0.15) is 11.9 Å². The first-order chi connectivity index (χ1) is 7.66. The summed E-state index contributed by atoms with van der Waals surface area (Å²) in [5.41, 5.74) is 1.96. The summed E-state index contributed by atoms with van der Waals surface area (Å²) >= 11 is 0. The average Bonchev–Trinajstić information content (AvgIpc) is 2.14. The molecule has 17 heavy (non-hydrogen) atoms.